The van der Waals surface area contributed by atoms with Crippen molar-refractivity contribution < 1.29 is 4.21 Å². The fourth-order valence-corrected chi connectivity index (χ4v) is 2.89. The lowest BCUT2D eigenvalue weighted by Gasteiger charge is -2.02. The summed E-state index contributed by atoms with van der Waals surface area (Å²) in [5.41, 5.74) is 0. The standard InChI is InChI=1S/C15H32OS/c1-3-5-6-7-8-9-10-11-12-13-14-15-17(16)4-2/h3-15H2,1-2H3. The van der Waals surface area contributed by atoms with Crippen molar-refractivity contribution >= 4 is 10.8 Å². The predicted octanol–water partition coefficient (Wildman–Crippen LogP) is 5.07. The molecule has 0 N–H and O–H groups in total. The maximum Gasteiger partial charge on any atom is 0.0234 e. The Balaban J connectivity index is 2.96. The molecular formula is C15H32OS. The summed E-state index contributed by atoms with van der Waals surface area (Å²) in [7, 11) is -0.541. The van der Waals surface area contributed by atoms with Gasteiger partial charge in [-0.3, -0.25) is 4.21 Å². The first-order valence-corrected chi connectivity index (χ1v) is 9.15. The van der Waals surface area contributed by atoms with Crippen LogP contribution in [0.5, 0.6) is 0 Å². The van der Waals surface area contributed by atoms with E-state index >= 15 is 0 Å². The van der Waals surface area contributed by atoms with Crippen molar-refractivity contribution in [3.05, 3.63) is 0 Å². The SMILES string of the molecule is CCCCCCCCCCCCCS(=O)CC. The average molecular weight is 260 g/mol. The molecule has 1 nitrogen and oxygen atoms in total. The summed E-state index contributed by atoms with van der Waals surface area (Å²) in [5.74, 6) is 1.76. The molecule has 1 unspecified atom stereocenters. The second-order valence-corrected chi connectivity index (χ2v) is 6.83. The highest BCUT2D eigenvalue weighted by Crippen LogP contribution is 2.11. The fraction of sp³-hybridized carbons (Fsp3) is 1.00. The molecule has 0 heterocycles. The van der Waals surface area contributed by atoms with Crippen molar-refractivity contribution in [3.8, 4) is 0 Å². The normalized spacial score (nSPS) is 12.8. The molecule has 17 heavy (non-hydrogen) atoms. The van der Waals surface area contributed by atoms with E-state index in [1.807, 2.05) is 6.92 Å². The molecule has 0 aliphatic rings. The highest BCUT2D eigenvalue weighted by Gasteiger charge is 1.96. The van der Waals surface area contributed by atoms with E-state index < -0.39 is 10.8 Å². The van der Waals surface area contributed by atoms with Crippen LogP contribution in [0.15, 0.2) is 0 Å². The molecule has 0 aromatic rings. The molecule has 0 amide bonds. The first-order valence-electron chi connectivity index (χ1n) is 7.66. The van der Waals surface area contributed by atoms with Gasteiger partial charge in [0, 0.05) is 22.3 Å². The summed E-state index contributed by atoms with van der Waals surface area (Å²) in [6.07, 6.45) is 15.0. The first-order chi connectivity index (χ1) is 8.31. The molecule has 0 saturated heterocycles. The minimum atomic E-state index is -0.541. The summed E-state index contributed by atoms with van der Waals surface area (Å²) in [6, 6.07) is 0. The van der Waals surface area contributed by atoms with Crippen LogP contribution in [-0.2, 0) is 10.8 Å². The summed E-state index contributed by atoms with van der Waals surface area (Å²) >= 11 is 0. The molecule has 0 aromatic heterocycles. The lowest BCUT2D eigenvalue weighted by atomic mass is 10.1. The highest BCUT2D eigenvalue weighted by molar-refractivity contribution is 7.84. The Hall–Kier alpha value is 0.150. The summed E-state index contributed by atoms with van der Waals surface area (Å²) in [6.45, 7) is 4.28. The highest BCUT2D eigenvalue weighted by atomic mass is 32.2. The average Bonchev–Trinajstić information content (AvgIpc) is 2.35. The van der Waals surface area contributed by atoms with E-state index in [0.29, 0.717) is 0 Å². The minimum absolute atomic E-state index is 0.541. The van der Waals surface area contributed by atoms with Crippen molar-refractivity contribution in [3.63, 3.8) is 0 Å². The molecule has 0 rings (SSSR count). The second kappa shape index (κ2) is 14.2. The van der Waals surface area contributed by atoms with Gasteiger partial charge in [-0.1, -0.05) is 78.1 Å². The van der Waals surface area contributed by atoms with Gasteiger partial charge in [-0.15, -0.1) is 0 Å². The van der Waals surface area contributed by atoms with Gasteiger partial charge in [-0.2, -0.15) is 0 Å². The van der Waals surface area contributed by atoms with E-state index in [1.54, 1.807) is 0 Å². The quantitative estimate of drug-likeness (QED) is 0.423. The van der Waals surface area contributed by atoms with Gasteiger partial charge in [0.25, 0.3) is 0 Å². The van der Waals surface area contributed by atoms with E-state index in [1.165, 1.54) is 64.2 Å². The maximum absolute atomic E-state index is 11.2. The van der Waals surface area contributed by atoms with Gasteiger partial charge in [0.15, 0.2) is 0 Å². The van der Waals surface area contributed by atoms with E-state index in [4.69, 9.17) is 0 Å². The van der Waals surface area contributed by atoms with Crippen molar-refractivity contribution in [2.24, 2.45) is 0 Å². The van der Waals surface area contributed by atoms with Crippen LogP contribution in [0.3, 0.4) is 0 Å². The Morgan fingerprint density at radius 2 is 1.06 bits per heavy atom. The van der Waals surface area contributed by atoms with E-state index in [0.717, 1.165) is 17.9 Å². The molecule has 0 aromatic carbocycles. The number of rotatable bonds is 13. The van der Waals surface area contributed by atoms with Crippen LogP contribution >= 0.6 is 0 Å². The molecule has 0 aliphatic carbocycles. The molecule has 0 saturated carbocycles. The predicted molar refractivity (Wildman–Crippen MR) is 80.0 cm³/mol. The lowest BCUT2D eigenvalue weighted by molar-refractivity contribution is 0.554. The minimum Gasteiger partial charge on any atom is -0.260 e. The summed E-state index contributed by atoms with van der Waals surface area (Å²) in [4.78, 5) is 0. The Morgan fingerprint density at radius 3 is 1.47 bits per heavy atom. The second-order valence-electron chi connectivity index (χ2n) is 4.97. The number of hydrogen-bond acceptors (Lipinski definition) is 1. The molecule has 0 radical (unpaired) electrons. The Kier molecular flexibility index (Phi) is 14.3. The molecule has 2 heteroatoms. The van der Waals surface area contributed by atoms with Gasteiger partial charge in [-0.25, -0.2) is 0 Å². The first kappa shape index (κ1) is 17.2. The Labute approximate surface area is 111 Å². The lowest BCUT2D eigenvalue weighted by Crippen LogP contribution is -1.99. The molecule has 104 valence electrons. The third kappa shape index (κ3) is 14.1. The van der Waals surface area contributed by atoms with Gasteiger partial charge in [0.1, 0.15) is 0 Å². The maximum atomic E-state index is 11.2. The zero-order valence-corrected chi connectivity index (χ0v) is 12.8. The molecular weight excluding hydrogens is 228 g/mol. The van der Waals surface area contributed by atoms with Gasteiger partial charge >= 0.3 is 0 Å². The van der Waals surface area contributed by atoms with Gasteiger partial charge in [-0.05, 0) is 6.42 Å². The van der Waals surface area contributed by atoms with Gasteiger partial charge < -0.3 is 0 Å². The summed E-state index contributed by atoms with van der Waals surface area (Å²) < 4.78 is 11.2. The van der Waals surface area contributed by atoms with Crippen LogP contribution in [0, 0.1) is 0 Å². The smallest absolute Gasteiger partial charge is 0.0234 e. The Morgan fingerprint density at radius 1 is 0.647 bits per heavy atom. The third-order valence-electron chi connectivity index (χ3n) is 3.30. The van der Waals surface area contributed by atoms with Crippen molar-refractivity contribution in [2.45, 2.75) is 84.5 Å². The van der Waals surface area contributed by atoms with Crippen LogP contribution in [0.4, 0.5) is 0 Å². The van der Waals surface area contributed by atoms with E-state index in [2.05, 4.69) is 6.92 Å². The zero-order chi connectivity index (χ0) is 12.8. The summed E-state index contributed by atoms with van der Waals surface area (Å²) in [5, 5.41) is 0. The van der Waals surface area contributed by atoms with Crippen LogP contribution in [0.1, 0.15) is 84.5 Å². The molecule has 1 atom stereocenters. The topological polar surface area (TPSA) is 17.1 Å². The van der Waals surface area contributed by atoms with Crippen LogP contribution in [0.25, 0.3) is 0 Å². The number of unbranched alkanes of at least 4 members (excludes halogenated alkanes) is 10. The monoisotopic (exact) mass is 260 g/mol. The van der Waals surface area contributed by atoms with Gasteiger partial charge in [0.05, 0.1) is 0 Å². The van der Waals surface area contributed by atoms with E-state index in [-0.39, 0.29) is 0 Å². The number of hydrogen-bond donors (Lipinski definition) is 0. The molecule has 0 fully saturated rings. The van der Waals surface area contributed by atoms with Crippen molar-refractivity contribution in [2.75, 3.05) is 11.5 Å². The van der Waals surface area contributed by atoms with Crippen molar-refractivity contribution in [1.29, 1.82) is 0 Å². The molecule has 0 bridgehead atoms. The fourth-order valence-electron chi connectivity index (χ4n) is 2.07. The molecule has 0 spiro atoms. The molecule has 0 aliphatic heterocycles. The van der Waals surface area contributed by atoms with Crippen LogP contribution in [0.2, 0.25) is 0 Å². The zero-order valence-electron chi connectivity index (χ0n) is 12.0. The van der Waals surface area contributed by atoms with Crippen LogP contribution in [-0.4, -0.2) is 15.7 Å². The van der Waals surface area contributed by atoms with E-state index in [9.17, 15) is 4.21 Å². The van der Waals surface area contributed by atoms with Gasteiger partial charge in [0.2, 0.25) is 0 Å². The van der Waals surface area contributed by atoms with Crippen LogP contribution < -0.4 is 0 Å². The third-order valence-corrected chi connectivity index (χ3v) is 4.69. The van der Waals surface area contributed by atoms with Crippen molar-refractivity contribution in [1.82, 2.24) is 0 Å². The Bertz CT molecular complexity index is 168. The largest absolute Gasteiger partial charge is 0.260 e.